The van der Waals surface area contributed by atoms with Crippen LogP contribution in [0.15, 0.2) is 18.2 Å². The lowest BCUT2D eigenvalue weighted by molar-refractivity contribution is -0.146. The van der Waals surface area contributed by atoms with Crippen molar-refractivity contribution in [2.24, 2.45) is 5.92 Å². The Morgan fingerprint density at radius 1 is 1.29 bits per heavy atom. The fourth-order valence-electron chi connectivity index (χ4n) is 1.71. The first-order chi connectivity index (χ1) is 7.95. The molecule has 2 atom stereocenters. The number of benzene rings is 1. The van der Waals surface area contributed by atoms with Crippen molar-refractivity contribution in [2.75, 3.05) is 0 Å². The molecule has 0 aromatic heterocycles. The van der Waals surface area contributed by atoms with Crippen LogP contribution in [0, 0.1) is 17.6 Å². The maximum atomic E-state index is 12.9. The minimum Gasteiger partial charge on any atom is -0.481 e. The zero-order chi connectivity index (χ0) is 13.0. The lowest BCUT2D eigenvalue weighted by Crippen LogP contribution is -2.22. The van der Waals surface area contributed by atoms with E-state index in [1.807, 2.05) is 0 Å². The number of carbonyl (C=O) groups is 1. The molecule has 2 unspecified atom stereocenters. The SMILES string of the molecule is CCCC(C(=O)O)C(O)c1cc(F)cc(F)c1. The van der Waals surface area contributed by atoms with Gasteiger partial charge < -0.3 is 10.2 Å². The molecule has 0 aliphatic carbocycles. The molecule has 0 saturated carbocycles. The summed E-state index contributed by atoms with van der Waals surface area (Å²) in [5.74, 6) is -3.90. The molecule has 94 valence electrons. The number of halogens is 2. The molecule has 2 N–H and O–H groups in total. The van der Waals surface area contributed by atoms with Gasteiger partial charge in [-0.25, -0.2) is 8.78 Å². The monoisotopic (exact) mass is 244 g/mol. The van der Waals surface area contributed by atoms with Gasteiger partial charge in [-0.1, -0.05) is 13.3 Å². The first-order valence-electron chi connectivity index (χ1n) is 5.32. The quantitative estimate of drug-likeness (QED) is 0.836. The van der Waals surface area contributed by atoms with E-state index in [-0.39, 0.29) is 12.0 Å². The molecule has 3 nitrogen and oxygen atoms in total. The van der Waals surface area contributed by atoms with Crippen molar-refractivity contribution in [3.63, 3.8) is 0 Å². The van der Waals surface area contributed by atoms with Gasteiger partial charge in [-0.3, -0.25) is 4.79 Å². The zero-order valence-electron chi connectivity index (χ0n) is 9.36. The minimum absolute atomic E-state index is 0.0525. The van der Waals surface area contributed by atoms with Crippen LogP contribution >= 0.6 is 0 Å². The third-order valence-corrected chi connectivity index (χ3v) is 2.52. The molecule has 0 radical (unpaired) electrons. The van der Waals surface area contributed by atoms with Gasteiger partial charge in [0.15, 0.2) is 0 Å². The zero-order valence-corrected chi connectivity index (χ0v) is 9.36. The summed E-state index contributed by atoms with van der Waals surface area (Å²) in [4.78, 5) is 10.9. The number of aliphatic hydroxyl groups is 1. The molecule has 0 amide bonds. The smallest absolute Gasteiger partial charge is 0.309 e. The number of rotatable bonds is 5. The first-order valence-corrected chi connectivity index (χ1v) is 5.32. The van der Waals surface area contributed by atoms with E-state index in [4.69, 9.17) is 5.11 Å². The van der Waals surface area contributed by atoms with Gasteiger partial charge in [0.1, 0.15) is 11.6 Å². The second-order valence-corrected chi connectivity index (χ2v) is 3.88. The van der Waals surface area contributed by atoms with Crippen LogP contribution in [-0.4, -0.2) is 16.2 Å². The molecule has 0 aliphatic heterocycles. The fourth-order valence-corrected chi connectivity index (χ4v) is 1.71. The maximum Gasteiger partial charge on any atom is 0.309 e. The van der Waals surface area contributed by atoms with E-state index in [1.165, 1.54) is 0 Å². The van der Waals surface area contributed by atoms with Crippen LogP contribution in [0.2, 0.25) is 0 Å². The summed E-state index contributed by atoms with van der Waals surface area (Å²) < 4.78 is 25.9. The van der Waals surface area contributed by atoms with Gasteiger partial charge in [-0.05, 0) is 24.1 Å². The van der Waals surface area contributed by atoms with E-state index in [2.05, 4.69) is 0 Å². The Kier molecular flexibility index (Phi) is 4.57. The Balaban J connectivity index is 3.00. The van der Waals surface area contributed by atoms with E-state index in [9.17, 15) is 18.7 Å². The van der Waals surface area contributed by atoms with Crippen molar-refractivity contribution in [2.45, 2.75) is 25.9 Å². The number of aliphatic carboxylic acids is 1. The van der Waals surface area contributed by atoms with Gasteiger partial charge in [-0.2, -0.15) is 0 Å². The lowest BCUT2D eigenvalue weighted by Gasteiger charge is -2.19. The summed E-state index contributed by atoms with van der Waals surface area (Å²) in [6, 6.07) is 2.56. The molecule has 0 fully saturated rings. The highest BCUT2D eigenvalue weighted by Gasteiger charge is 2.27. The Labute approximate surface area is 97.7 Å². The summed E-state index contributed by atoms with van der Waals surface area (Å²) >= 11 is 0. The molecule has 17 heavy (non-hydrogen) atoms. The predicted molar refractivity (Wildman–Crippen MR) is 57.4 cm³/mol. The molecule has 0 aliphatic rings. The number of carboxylic acid groups (broad SMARTS) is 1. The highest BCUT2D eigenvalue weighted by molar-refractivity contribution is 5.71. The highest BCUT2D eigenvalue weighted by Crippen LogP contribution is 2.27. The average molecular weight is 244 g/mol. The number of aliphatic hydroxyl groups excluding tert-OH is 1. The molecule has 5 heteroatoms. The van der Waals surface area contributed by atoms with E-state index in [0.29, 0.717) is 12.5 Å². The molecule has 0 saturated heterocycles. The standard InChI is InChI=1S/C12H14F2O3/c1-2-3-10(12(16)17)11(15)7-4-8(13)6-9(14)5-7/h4-6,10-11,15H,2-3H2,1H3,(H,16,17). The Morgan fingerprint density at radius 2 is 1.82 bits per heavy atom. The second-order valence-electron chi connectivity index (χ2n) is 3.88. The van der Waals surface area contributed by atoms with Crippen molar-refractivity contribution in [3.8, 4) is 0 Å². The molecule has 0 heterocycles. The summed E-state index contributed by atoms with van der Waals surface area (Å²) in [5, 5.41) is 18.7. The third kappa shape index (κ3) is 3.49. The summed E-state index contributed by atoms with van der Waals surface area (Å²) in [5.41, 5.74) is -0.0525. The van der Waals surface area contributed by atoms with Crippen molar-refractivity contribution in [3.05, 3.63) is 35.4 Å². The molecule has 0 spiro atoms. The van der Waals surface area contributed by atoms with E-state index in [1.54, 1.807) is 6.92 Å². The Morgan fingerprint density at radius 3 is 2.24 bits per heavy atom. The average Bonchev–Trinajstić information content (AvgIpc) is 2.23. The third-order valence-electron chi connectivity index (χ3n) is 2.52. The van der Waals surface area contributed by atoms with Crippen LogP contribution in [0.4, 0.5) is 8.78 Å². The summed E-state index contributed by atoms with van der Waals surface area (Å²) in [6.07, 6.45) is -0.599. The molecule has 0 bridgehead atoms. The number of hydrogen-bond donors (Lipinski definition) is 2. The molecule has 1 rings (SSSR count). The van der Waals surface area contributed by atoms with Crippen LogP contribution in [0.3, 0.4) is 0 Å². The van der Waals surface area contributed by atoms with Gasteiger partial charge >= 0.3 is 5.97 Å². The topological polar surface area (TPSA) is 57.5 Å². The maximum absolute atomic E-state index is 12.9. The van der Waals surface area contributed by atoms with E-state index in [0.717, 1.165) is 12.1 Å². The van der Waals surface area contributed by atoms with Crippen LogP contribution in [0.5, 0.6) is 0 Å². The highest BCUT2D eigenvalue weighted by atomic mass is 19.1. The molecule has 1 aromatic rings. The molecular weight excluding hydrogens is 230 g/mol. The fraction of sp³-hybridized carbons (Fsp3) is 0.417. The summed E-state index contributed by atoms with van der Waals surface area (Å²) in [7, 11) is 0. The largest absolute Gasteiger partial charge is 0.481 e. The molecule has 1 aromatic carbocycles. The lowest BCUT2D eigenvalue weighted by atomic mass is 9.92. The van der Waals surface area contributed by atoms with Crippen LogP contribution in [0.25, 0.3) is 0 Å². The van der Waals surface area contributed by atoms with Crippen molar-refractivity contribution >= 4 is 5.97 Å². The Bertz CT molecular complexity index is 386. The van der Waals surface area contributed by atoms with Crippen molar-refractivity contribution < 1.29 is 23.8 Å². The Hall–Kier alpha value is -1.49. The van der Waals surface area contributed by atoms with E-state index >= 15 is 0 Å². The summed E-state index contributed by atoms with van der Waals surface area (Å²) in [6.45, 7) is 1.77. The van der Waals surface area contributed by atoms with Crippen molar-refractivity contribution in [1.82, 2.24) is 0 Å². The van der Waals surface area contributed by atoms with Crippen LogP contribution < -0.4 is 0 Å². The van der Waals surface area contributed by atoms with Gasteiger partial charge in [0.25, 0.3) is 0 Å². The normalized spacial score (nSPS) is 14.4. The minimum atomic E-state index is -1.40. The van der Waals surface area contributed by atoms with Gasteiger partial charge in [0.05, 0.1) is 12.0 Å². The van der Waals surface area contributed by atoms with Crippen molar-refractivity contribution in [1.29, 1.82) is 0 Å². The van der Waals surface area contributed by atoms with Gasteiger partial charge in [0, 0.05) is 6.07 Å². The van der Waals surface area contributed by atoms with E-state index < -0.39 is 29.6 Å². The van der Waals surface area contributed by atoms with Crippen LogP contribution in [0.1, 0.15) is 31.4 Å². The van der Waals surface area contributed by atoms with Gasteiger partial charge in [-0.15, -0.1) is 0 Å². The van der Waals surface area contributed by atoms with Crippen LogP contribution in [-0.2, 0) is 4.79 Å². The number of carboxylic acids is 1. The first kappa shape index (κ1) is 13.6. The number of hydrogen-bond acceptors (Lipinski definition) is 2. The second kappa shape index (κ2) is 5.72. The predicted octanol–water partition coefficient (Wildman–Crippen LogP) is 2.50. The molecular formula is C12H14F2O3. The van der Waals surface area contributed by atoms with Gasteiger partial charge in [0.2, 0.25) is 0 Å².